The summed E-state index contributed by atoms with van der Waals surface area (Å²) >= 11 is 0. The molecule has 42 heavy (non-hydrogen) atoms. The molecule has 0 fully saturated rings. The third-order valence-electron chi connectivity index (χ3n) is 6.96. The third-order valence-corrected chi connectivity index (χ3v) is 6.96. The number of benzene rings is 3. The van der Waals surface area contributed by atoms with Gasteiger partial charge in [-0.25, -0.2) is 9.59 Å². The van der Waals surface area contributed by atoms with Crippen LogP contribution in [0.1, 0.15) is 64.2 Å². The highest BCUT2D eigenvalue weighted by Gasteiger charge is 2.34. The van der Waals surface area contributed by atoms with Crippen molar-refractivity contribution in [1.82, 2.24) is 15.1 Å². The van der Waals surface area contributed by atoms with Crippen molar-refractivity contribution in [1.29, 1.82) is 0 Å². The highest BCUT2D eigenvalue weighted by molar-refractivity contribution is 6.08. The molecule has 1 unspecified atom stereocenters. The van der Waals surface area contributed by atoms with Gasteiger partial charge >= 0.3 is 12.2 Å². The highest BCUT2D eigenvalue weighted by atomic mass is 16.6. The number of nitrogens with zero attached hydrogens (tertiary/aromatic N) is 4. The Hall–Kier alpha value is -4.30. The zero-order valence-electron chi connectivity index (χ0n) is 25.3. The number of carbonyl (C=O) groups excluding carboxylic acids is 2. The molecule has 0 aliphatic carbocycles. The van der Waals surface area contributed by atoms with Crippen molar-refractivity contribution in [3.63, 3.8) is 0 Å². The molecule has 218 valence electrons. The Kier molecular flexibility index (Phi) is 7.77. The van der Waals surface area contributed by atoms with E-state index in [0.29, 0.717) is 5.69 Å². The van der Waals surface area contributed by atoms with Gasteiger partial charge in [0.15, 0.2) is 5.82 Å². The van der Waals surface area contributed by atoms with Crippen LogP contribution in [0, 0.1) is 0 Å². The summed E-state index contributed by atoms with van der Waals surface area (Å²) < 4.78 is 10.9. The lowest BCUT2D eigenvalue weighted by Crippen LogP contribution is -2.44. The molecule has 4 aromatic rings. The van der Waals surface area contributed by atoms with Crippen LogP contribution in [0.25, 0.3) is 22.0 Å². The van der Waals surface area contributed by atoms with Gasteiger partial charge in [-0.2, -0.15) is 4.90 Å². The molecule has 2 heterocycles. The van der Waals surface area contributed by atoms with Crippen molar-refractivity contribution in [3.05, 3.63) is 89.5 Å². The summed E-state index contributed by atoms with van der Waals surface area (Å²) in [4.78, 5) is 29.1. The molecule has 0 saturated carbocycles. The predicted molar refractivity (Wildman–Crippen MR) is 165 cm³/mol. The minimum atomic E-state index is -0.879. The van der Waals surface area contributed by atoms with Gasteiger partial charge in [0.05, 0.1) is 5.69 Å². The van der Waals surface area contributed by atoms with E-state index in [1.807, 2.05) is 0 Å². The number of hydrogen-bond acceptors (Lipinski definition) is 7. The van der Waals surface area contributed by atoms with E-state index in [1.165, 1.54) is 27.5 Å². The lowest BCUT2D eigenvalue weighted by molar-refractivity contribution is 0.0428. The maximum absolute atomic E-state index is 13.0. The number of rotatable bonds is 3. The van der Waals surface area contributed by atoms with E-state index in [-0.39, 0.29) is 11.7 Å². The second-order valence-corrected chi connectivity index (χ2v) is 12.8. The normalized spacial score (nSPS) is 15.6. The van der Waals surface area contributed by atoms with Crippen LogP contribution in [0.5, 0.6) is 0 Å². The van der Waals surface area contributed by atoms with Crippen LogP contribution in [-0.2, 0) is 16.0 Å². The summed E-state index contributed by atoms with van der Waals surface area (Å²) in [6, 6.07) is 24.9. The monoisotopic (exact) mass is 566 g/mol. The van der Waals surface area contributed by atoms with Gasteiger partial charge in [-0.15, -0.1) is 10.2 Å². The average Bonchev–Trinajstić information content (AvgIpc) is 2.90. The summed E-state index contributed by atoms with van der Waals surface area (Å²) in [5, 5.41) is 11.1. The molecule has 0 bridgehead atoms. The number of hydrogen-bond donors (Lipinski definition) is 0. The van der Waals surface area contributed by atoms with Crippen LogP contribution in [0.3, 0.4) is 0 Å². The number of imide groups is 1. The topological polar surface area (TPSA) is 84.9 Å². The van der Waals surface area contributed by atoms with Gasteiger partial charge in [-0.1, -0.05) is 54.6 Å². The second-order valence-electron chi connectivity index (χ2n) is 12.8. The van der Waals surface area contributed by atoms with Gasteiger partial charge in [-0.3, -0.25) is 0 Å². The Labute approximate surface area is 247 Å². The van der Waals surface area contributed by atoms with E-state index in [4.69, 9.17) is 9.47 Å². The SMILES string of the molecule is CN1Cc2cc(-c3ccc(N(C(=O)OC(C)(C)C)C(=O)OC(C)(C)C)nn3)ccc2C(c2ccc3ccccc3c2)C1. The van der Waals surface area contributed by atoms with Crippen molar-refractivity contribution < 1.29 is 19.1 Å². The average molecular weight is 567 g/mol. The molecule has 8 nitrogen and oxygen atoms in total. The molecule has 2 amide bonds. The Balaban J connectivity index is 1.44. The molecule has 1 atom stereocenters. The number of anilines is 1. The van der Waals surface area contributed by atoms with E-state index in [9.17, 15) is 9.59 Å². The van der Waals surface area contributed by atoms with Gasteiger partial charge < -0.3 is 14.4 Å². The molecule has 1 aliphatic rings. The van der Waals surface area contributed by atoms with E-state index < -0.39 is 23.4 Å². The Morgan fingerprint density at radius 2 is 1.48 bits per heavy atom. The first-order valence-corrected chi connectivity index (χ1v) is 14.2. The number of ether oxygens (including phenoxy) is 2. The summed E-state index contributed by atoms with van der Waals surface area (Å²) in [7, 11) is 2.14. The molecule has 1 aliphatic heterocycles. The Morgan fingerprint density at radius 3 is 2.10 bits per heavy atom. The molecule has 0 N–H and O–H groups in total. The molecule has 0 radical (unpaired) electrons. The van der Waals surface area contributed by atoms with E-state index >= 15 is 0 Å². The van der Waals surface area contributed by atoms with Gasteiger partial charge in [-0.05, 0) is 94.3 Å². The van der Waals surface area contributed by atoms with Crippen LogP contribution >= 0.6 is 0 Å². The third kappa shape index (κ3) is 6.60. The molecule has 0 spiro atoms. The quantitative estimate of drug-likeness (QED) is 0.253. The maximum atomic E-state index is 13.0. The fourth-order valence-electron chi connectivity index (χ4n) is 5.19. The van der Waals surface area contributed by atoms with E-state index in [1.54, 1.807) is 53.7 Å². The lowest BCUT2D eigenvalue weighted by atomic mass is 9.83. The van der Waals surface area contributed by atoms with E-state index in [2.05, 4.69) is 82.8 Å². The number of carbonyl (C=O) groups is 2. The number of aromatic nitrogens is 2. The van der Waals surface area contributed by atoms with Crippen molar-refractivity contribution in [2.24, 2.45) is 0 Å². The van der Waals surface area contributed by atoms with Crippen LogP contribution in [0.4, 0.5) is 15.4 Å². The second kappa shape index (κ2) is 11.2. The summed E-state index contributed by atoms with van der Waals surface area (Å²) in [6.45, 7) is 12.1. The van der Waals surface area contributed by atoms with Gasteiger partial charge in [0.2, 0.25) is 0 Å². The molecule has 1 aromatic heterocycles. The molecule has 8 heteroatoms. The van der Waals surface area contributed by atoms with Crippen LogP contribution in [0.2, 0.25) is 0 Å². The first kappa shape index (κ1) is 29.2. The Morgan fingerprint density at radius 1 is 0.810 bits per heavy atom. The van der Waals surface area contributed by atoms with E-state index in [0.717, 1.165) is 23.6 Å². The van der Waals surface area contributed by atoms with Gasteiger partial charge in [0, 0.05) is 24.6 Å². The maximum Gasteiger partial charge on any atom is 0.425 e. The molecule has 5 rings (SSSR count). The first-order chi connectivity index (χ1) is 19.8. The largest absolute Gasteiger partial charge is 0.443 e. The van der Waals surface area contributed by atoms with Crippen molar-refractivity contribution in [2.45, 2.75) is 65.2 Å². The van der Waals surface area contributed by atoms with Crippen molar-refractivity contribution >= 4 is 28.8 Å². The highest BCUT2D eigenvalue weighted by Crippen LogP contribution is 2.36. The fourth-order valence-corrected chi connectivity index (χ4v) is 5.19. The standard InChI is InChI=1S/C34H38N4O4/c1-33(2,3)41-31(39)38(32(40)42-34(4,5)6)30-17-16-29(35-36-30)25-14-15-27-26(19-25)20-37(7)21-28(27)24-13-12-22-10-8-9-11-23(22)18-24/h8-19,28H,20-21H2,1-7H3. The number of fused-ring (bicyclic) bond motifs is 2. The molecule has 3 aromatic carbocycles. The van der Waals surface area contributed by atoms with Crippen LogP contribution < -0.4 is 4.90 Å². The Bertz CT molecular complexity index is 1590. The zero-order chi connectivity index (χ0) is 30.2. The first-order valence-electron chi connectivity index (χ1n) is 14.2. The fraction of sp³-hybridized carbons (Fsp3) is 0.353. The van der Waals surface area contributed by atoms with Crippen LogP contribution in [0.15, 0.2) is 72.8 Å². The zero-order valence-corrected chi connectivity index (χ0v) is 25.3. The minimum Gasteiger partial charge on any atom is -0.443 e. The summed E-state index contributed by atoms with van der Waals surface area (Å²) in [5.41, 5.74) is 3.74. The predicted octanol–water partition coefficient (Wildman–Crippen LogP) is 7.55. The number of likely N-dealkylation sites (N-methyl/N-ethyl adjacent to an activating group) is 1. The number of amides is 2. The molecular weight excluding hydrogens is 528 g/mol. The van der Waals surface area contributed by atoms with Gasteiger partial charge in [0.25, 0.3) is 0 Å². The summed E-state index contributed by atoms with van der Waals surface area (Å²) in [6.07, 6.45) is -1.76. The van der Waals surface area contributed by atoms with Crippen molar-refractivity contribution in [2.75, 3.05) is 18.5 Å². The van der Waals surface area contributed by atoms with Gasteiger partial charge in [0.1, 0.15) is 11.2 Å². The molecular formula is C34H38N4O4. The molecule has 0 saturated heterocycles. The minimum absolute atomic E-state index is 0.0244. The summed E-state index contributed by atoms with van der Waals surface area (Å²) in [5.74, 6) is 0.276. The lowest BCUT2D eigenvalue weighted by Gasteiger charge is -2.33. The van der Waals surface area contributed by atoms with Crippen molar-refractivity contribution in [3.8, 4) is 11.3 Å². The van der Waals surface area contributed by atoms with Crippen LogP contribution in [-0.4, -0.2) is 52.1 Å². The smallest absolute Gasteiger partial charge is 0.425 e.